The van der Waals surface area contributed by atoms with Crippen LogP contribution in [0, 0.1) is 0 Å². The highest BCUT2D eigenvalue weighted by Crippen LogP contribution is 2.16. The molecular formula is C8H15F4NO. The molecule has 0 amide bonds. The third-order valence-corrected chi connectivity index (χ3v) is 1.64. The molecule has 0 fully saturated rings. The van der Waals surface area contributed by atoms with Gasteiger partial charge in [-0.1, -0.05) is 0 Å². The van der Waals surface area contributed by atoms with Gasteiger partial charge in [-0.3, -0.25) is 9.29 Å². The van der Waals surface area contributed by atoms with E-state index in [0.717, 1.165) is 4.90 Å². The average molecular weight is 217 g/mol. The summed E-state index contributed by atoms with van der Waals surface area (Å²) in [5, 5.41) is 8.46. The van der Waals surface area contributed by atoms with Gasteiger partial charge in [0.15, 0.2) is 0 Å². The van der Waals surface area contributed by atoms with Crippen molar-refractivity contribution in [2.45, 2.75) is 19.0 Å². The summed E-state index contributed by atoms with van der Waals surface area (Å²) in [4.78, 5) is 1.11. The zero-order valence-electron chi connectivity index (χ0n) is 7.86. The number of hydrogen-bond acceptors (Lipinski definition) is 2. The van der Waals surface area contributed by atoms with Crippen molar-refractivity contribution in [3.8, 4) is 0 Å². The van der Waals surface area contributed by atoms with Gasteiger partial charge in [0.05, 0.1) is 13.2 Å². The number of hydrogen-bond donors (Lipinski definition) is 1. The molecule has 0 bridgehead atoms. The molecule has 14 heavy (non-hydrogen) atoms. The van der Waals surface area contributed by atoms with E-state index in [9.17, 15) is 17.6 Å². The van der Waals surface area contributed by atoms with E-state index in [1.165, 1.54) is 0 Å². The van der Waals surface area contributed by atoms with Crippen molar-refractivity contribution in [1.82, 2.24) is 4.90 Å². The highest BCUT2D eigenvalue weighted by atomic mass is 19.4. The Bertz CT molecular complexity index is 132. The number of alkyl halides is 4. The van der Waals surface area contributed by atoms with Gasteiger partial charge in [-0.25, -0.2) is 0 Å². The van der Waals surface area contributed by atoms with Gasteiger partial charge in [-0.15, -0.1) is 0 Å². The van der Waals surface area contributed by atoms with Gasteiger partial charge in [0.25, 0.3) is 0 Å². The Morgan fingerprint density at radius 1 is 1.07 bits per heavy atom. The topological polar surface area (TPSA) is 23.5 Å². The summed E-state index contributed by atoms with van der Waals surface area (Å²) in [6.07, 6.45) is -3.88. The number of nitrogens with zero attached hydrogens (tertiary/aromatic N) is 1. The molecule has 2 nitrogen and oxygen atoms in total. The van der Waals surface area contributed by atoms with Crippen LogP contribution < -0.4 is 0 Å². The molecule has 0 aliphatic rings. The molecule has 6 heteroatoms. The maximum Gasteiger partial charge on any atom is 0.401 e. The van der Waals surface area contributed by atoms with Crippen LogP contribution in [0.2, 0.25) is 0 Å². The molecule has 0 heterocycles. The second kappa shape index (κ2) is 7.00. The molecule has 0 saturated heterocycles. The number of aliphatic hydroxyl groups excluding tert-OH is 1. The molecule has 0 rings (SSSR count). The van der Waals surface area contributed by atoms with E-state index in [2.05, 4.69) is 0 Å². The first-order valence-corrected chi connectivity index (χ1v) is 4.45. The van der Waals surface area contributed by atoms with Crippen LogP contribution in [0.15, 0.2) is 0 Å². The molecule has 0 radical (unpaired) electrons. The van der Waals surface area contributed by atoms with Crippen LogP contribution in [-0.2, 0) is 0 Å². The summed E-state index contributed by atoms with van der Waals surface area (Å²) < 4.78 is 47.6. The van der Waals surface area contributed by atoms with Crippen LogP contribution in [0.5, 0.6) is 0 Å². The van der Waals surface area contributed by atoms with E-state index in [4.69, 9.17) is 5.11 Å². The van der Waals surface area contributed by atoms with E-state index in [1.54, 1.807) is 0 Å². The Kier molecular flexibility index (Phi) is 6.82. The van der Waals surface area contributed by atoms with Crippen molar-refractivity contribution in [2.75, 3.05) is 32.9 Å². The van der Waals surface area contributed by atoms with E-state index in [1.807, 2.05) is 0 Å². The summed E-state index contributed by atoms with van der Waals surface area (Å²) in [5.74, 6) is 0. The standard InChI is InChI=1S/C8H15F4NO/c9-3-1-4-13(5-2-6-14)7-8(10,11)12/h14H,1-7H2. The van der Waals surface area contributed by atoms with Crippen molar-refractivity contribution < 1.29 is 22.7 Å². The van der Waals surface area contributed by atoms with Gasteiger partial charge in [-0.2, -0.15) is 13.2 Å². The number of aliphatic hydroxyl groups is 1. The molecule has 0 aliphatic heterocycles. The van der Waals surface area contributed by atoms with Gasteiger partial charge < -0.3 is 5.11 Å². The minimum atomic E-state index is -4.26. The molecule has 1 N–H and O–H groups in total. The summed E-state index contributed by atoms with van der Waals surface area (Å²) >= 11 is 0. The molecule has 0 spiro atoms. The minimum absolute atomic E-state index is 0.0794. The molecule has 0 saturated carbocycles. The maximum atomic E-state index is 12.0. The zero-order valence-corrected chi connectivity index (χ0v) is 7.86. The molecule has 0 aromatic rings. The first kappa shape index (κ1) is 13.6. The van der Waals surface area contributed by atoms with Gasteiger partial charge >= 0.3 is 6.18 Å². The number of rotatable bonds is 7. The molecule has 86 valence electrons. The van der Waals surface area contributed by atoms with Crippen LogP contribution in [0.1, 0.15) is 12.8 Å². The molecule has 0 aromatic heterocycles. The smallest absolute Gasteiger partial charge is 0.396 e. The molecule has 0 aromatic carbocycles. The molecule has 0 aliphatic carbocycles. The SMILES string of the molecule is OCCCN(CCCF)CC(F)(F)F. The summed E-state index contributed by atoms with van der Waals surface area (Å²) in [6, 6.07) is 0. The predicted molar refractivity (Wildman–Crippen MR) is 44.8 cm³/mol. The van der Waals surface area contributed by atoms with Crippen LogP contribution in [-0.4, -0.2) is 49.1 Å². The van der Waals surface area contributed by atoms with Crippen LogP contribution in [0.25, 0.3) is 0 Å². The Hall–Kier alpha value is -0.360. The second-order valence-electron chi connectivity index (χ2n) is 3.01. The molecule has 0 unspecified atom stereocenters. The van der Waals surface area contributed by atoms with Gasteiger partial charge in [0.1, 0.15) is 0 Å². The third kappa shape index (κ3) is 8.25. The lowest BCUT2D eigenvalue weighted by Crippen LogP contribution is -2.36. The monoisotopic (exact) mass is 217 g/mol. The normalized spacial score (nSPS) is 12.4. The van der Waals surface area contributed by atoms with Crippen molar-refractivity contribution in [1.29, 1.82) is 0 Å². The summed E-state index contributed by atoms with van der Waals surface area (Å²) in [7, 11) is 0. The highest BCUT2D eigenvalue weighted by molar-refractivity contribution is 4.63. The van der Waals surface area contributed by atoms with Crippen molar-refractivity contribution in [2.24, 2.45) is 0 Å². The van der Waals surface area contributed by atoms with Crippen molar-refractivity contribution >= 4 is 0 Å². The van der Waals surface area contributed by atoms with Crippen LogP contribution in [0.4, 0.5) is 17.6 Å². The van der Waals surface area contributed by atoms with Crippen molar-refractivity contribution in [3.05, 3.63) is 0 Å². The highest BCUT2D eigenvalue weighted by Gasteiger charge is 2.30. The Labute approximate surface area is 80.5 Å². The Morgan fingerprint density at radius 2 is 1.64 bits per heavy atom. The Balaban J connectivity index is 3.84. The fourth-order valence-electron chi connectivity index (χ4n) is 1.10. The lowest BCUT2D eigenvalue weighted by Gasteiger charge is -2.22. The minimum Gasteiger partial charge on any atom is -0.396 e. The third-order valence-electron chi connectivity index (χ3n) is 1.64. The average Bonchev–Trinajstić information content (AvgIpc) is 2.07. The van der Waals surface area contributed by atoms with Gasteiger partial charge in [0.2, 0.25) is 0 Å². The van der Waals surface area contributed by atoms with E-state index >= 15 is 0 Å². The molecular weight excluding hydrogens is 202 g/mol. The Morgan fingerprint density at radius 3 is 2.07 bits per heavy atom. The lowest BCUT2D eigenvalue weighted by molar-refractivity contribution is -0.146. The zero-order chi connectivity index (χ0) is 11.0. The predicted octanol–water partition coefficient (Wildman–Crippen LogP) is 1.59. The maximum absolute atomic E-state index is 12.0. The lowest BCUT2D eigenvalue weighted by atomic mass is 10.3. The molecule has 0 atom stereocenters. The summed E-state index contributed by atoms with van der Waals surface area (Å²) in [6.45, 7) is -1.57. The second-order valence-corrected chi connectivity index (χ2v) is 3.01. The van der Waals surface area contributed by atoms with Gasteiger partial charge in [-0.05, 0) is 12.8 Å². The van der Waals surface area contributed by atoms with E-state index < -0.39 is 19.4 Å². The van der Waals surface area contributed by atoms with E-state index in [0.29, 0.717) is 0 Å². The quantitative estimate of drug-likeness (QED) is 0.655. The van der Waals surface area contributed by atoms with Gasteiger partial charge in [0, 0.05) is 19.7 Å². The largest absolute Gasteiger partial charge is 0.401 e. The van der Waals surface area contributed by atoms with E-state index in [-0.39, 0.29) is 32.5 Å². The van der Waals surface area contributed by atoms with Crippen LogP contribution >= 0.6 is 0 Å². The fraction of sp³-hybridized carbons (Fsp3) is 1.00. The van der Waals surface area contributed by atoms with Crippen LogP contribution in [0.3, 0.4) is 0 Å². The first-order chi connectivity index (χ1) is 6.49. The number of halogens is 4. The fourth-order valence-corrected chi connectivity index (χ4v) is 1.10. The van der Waals surface area contributed by atoms with Crippen molar-refractivity contribution in [3.63, 3.8) is 0 Å². The first-order valence-electron chi connectivity index (χ1n) is 4.45. The summed E-state index contributed by atoms with van der Waals surface area (Å²) in [5.41, 5.74) is 0.